The highest BCUT2D eigenvalue weighted by molar-refractivity contribution is 5.82. The molecule has 0 atom stereocenters. The van der Waals surface area contributed by atoms with Crippen LogP contribution in [0.3, 0.4) is 0 Å². The topological polar surface area (TPSA) is 39.2 Å². The van der Waals surface area contributed by atoms with Crippen LogP contribution >= 0.6 is 0 Å². The van der Waals surface area contributed by atoms with E-state index in [0.29, 0.717) is 0 Å². The van der Waals surface area contributed by atoms with E-state index in [1.54, 1.807) is 6.20 Å². The van der Waals surface area contributed by atoms with Gasteiger partial charge >= 0.3 is 5.97 Å². The molecule has 1 aromatic carbocycles. The van der Waals surface area contributed by atoms with Gasteiger partial charge in [-0.05, 0) is 37.6 Å². The van der Waals surface area contributed by atoms with Crippen LogP contribution in [0.5, 0.6) is 0 Å². The number of esters is 1. The van der Waals surface area contributed by atoms with Crippen molar-refractivity contribution in [2.45, 2.75) is 19.3 Å². The number of hydrogen-bond acceptors (Lipinski definition) is 3. The minimum Gasteiger partial charge on any atom is -0.468 e. The predicted molar refractivity (Wildman–Crippen MR) is 74.7 cm³/mol. The Morgan fingerprint density at radius 3 is 2.58 bits per heavy atom. The molecule has 19 heavy (non-hydrogen) atoms. The monoisotopic (exact) mass is 255 g/mol. The lowest BCUT2D eigenvalue weighted by molar-refractivity contribution is -0.146. The maximum Gasteiger partial charge on any atom is 0.315 e. The van der Waals surface area contributed by atoms with Crippen molar-refractivity contribution in [3.8, 4) is 11.3 Å². The van der Waals surface area contributed by atoms with Crippen molar-refractivity contribution in [2.24, 2.45) is 0 Å². The fraction of sp³-hybridized carbons (Fsp3) is 0.250. The molecular formula is C16H17NO2. The molecule has 3 nitrogen and oxygen atoms in total. The first-order valence-corrected chi connectivity index (χ1v) is 6.16. The first-order valence-electron chi connectivity index (χ1n) is 6.16. The van der Waals surface area contributed by atoms with Crippen LogP contribution in [0.1, 0.15) is 19.4 Å². The van der Waals surface area contributed by atoms with Crippen LogP contribution in [0.15, 0.2) is 48.7 Å². The van der Waals surface area contributed by atoms with Gasteiger partial charge in [0.1, 0.15) is 0 Å². The van der Waals surface area contributed by atoms with Crippen molar-refractivity contribution >= 4 is 5.97 Å². The van der Waals surface area contributed by atoms with Crippen LogP contribution in [0, 0.1) is 0 Å². The van der Waals surface area contributed by atoms with E-state index < -0.39 is 5.41 Å². The van der Waals surface area contributed by atoms with Crippen LogP contribution < -0.4 is 0 Å². The van der Waals surface area contributed by atoms with Crippen LogP contribution in [0.2, 0.25) is 0 Å². The zero-order valence-electron chi connectivity index (χ0n) is 11.4. The second kappa shape index (κ2) is 5.22. The highest BCUT2D eigenvalue weighted by Gasteiger charge is 2.30. The van der Waals surface area contributed by atoms with Gasteiger partial charge in [0.25, 0.3) is 0 Å². The Bertz CT molecular complexity index is 576. The summed E-state index contributed by atoms with van der Waals surface area (Å²) in [6.45, 7) is 3.72. The number of rotatable bonds is 3. The number of nitrogens with zero attached hydrogens (tertiary/aromatic N) is 1. The lowest BCUT2D eigenvalue weighted by Crippen LogP contribution is -2.30. The summed E-state index contributed by atoms with van der Waals surface area (Å²) in [5, 5.41) is 0. The van der Waals surface area contributed by atoms with Gasteiger partial charge in [-0.2, -0.15) is 0 Å². The van der Waals surface area contributed by atoms with Crippen molar-refractivity contribution < 1.29 is 9.53 Å². The zero-order valence-corrected chi connectivity index (χ0v) is 11.4. The molecule has 1 aromatic heterocycles. The van der Waals surface area contributed by atoms with E-state index in [0.717, 1.165) is 16.8 Å². The highest BCUT2D eigenvalue weighted by atomic mass is 16.5. The van der Waals surface area contributed by atoms with Gasteiger partial charge in [-0.25, -0.2) is 0 Å². The molecule has 0 amide bonds. The van der Waals surface area contributed by atoms with Crippen molar-refractivity contribution in [3.63, 3.8) is 0 Å². The molecule has 0 saturated heterocycles. The molecule has 0 N–H and O–H groups in total. The van der Waals surface area contributed by atoms with Crippen molar-refractivity contribution in [3.05, 3.63) is 54.2 Å². The Morgan fingerprint density at radius 1 is 1.16 bits per heavy atom. The molecule has 1 heterocycles. The number of benzene rings is 1. The fourth-order valence-electron chi connectivity index (χ4n) is 1.97. The third kappa shape index (κ3) is 2.65. The second-order valence-electron chi connectivity index (χ2n) is 4.91. The average Bonchev–Trinajstić information content (AvgIpc) is 2.47. The van der Waals surface area contributed by atoms with Gasteiger partial charge in [-0.1, -0.05) is 24.3 Å². The molecular weight excluding hydrogens is 238 g/mol. The molecule has 0 fully saturated rings. The van der Waals surface area contributed by atoms with Crippen LogP contribution in [0.25, 0.3) is 11.3 Å². The van der Waals surface area contributed by atoms with Crippen LogP contribution in [0.4, 0.5) is 0 Å². The van der Waals surface area contributed by atoms with E-state index >= 15 is 0 Å². The molecule has 2 rings (SSSR count). The average molecular weight is 255 g/mol. The van der Waals surface area contributed by atoms with Crippen molar-refractivity contribution in [2.75, 3.05) is 7.11 Å². The summed E-state index contributed by atoms with van der Waals surface area (Å²) in [4.78, 5) is 16.2. The Kier molecular flexibility index (Phi) is 3.65. The van der Waals surface area contributed by atoms with E-state index in [4.69, 9.17) is 4.74 Å². The number of methoxy groups -OCH3 is 1. The van der Waals surface area contributed by atoms with Crippen molar-refractivity contribution in [1.29, 1.82) is 0 Å². The quantitative estimate of drug-likeness (QED) is 0.791. The number of carbonyl (C=O) groups is 1. The molecule has 0 unspecified atom stereocenters. The number of ether oxygens (including phenoxy) is 1. The van der Waals surface area contributed by atoms with E-state index in [2.05, 4.69) is 4.98 Å². The molecule has 0 bridgehead atoms. The van der Waals surface area contributed by atoms with Gasteiger partial charge in [0.05, 0.1) is 18.2 Å². The summed E-state index contributed by atoms with van der Waals surface area (Å²) < 4.78 is 4.86. The first kappa shape index (κ1) is 13.3. The molecule has 0 saturated carbocycles. The van der Waals surface area contributed by atoms with Gasteiger partial charge < -0.3 is 4.74 Å². The van der Waals surface area contributed by atoms with E-state index in [1.807, 2.05) is 56.3 Å². The lowest BCUT2D eigenvalue weighted by Gasteiger charge is -2.22. The number of hydrogen-bond donors (Lipinski definition) is 0. The van der Waals surface area contributed by atoms with Gasteiger partial charge in [-0.3, -0.25) is 9.78 Å². The second-order valence-corrected chi connectivity index (χ2v) is 4.91. The fourth-order valence-corrected chi connectivity index (χ4v) is 1.97. The SMILES string of the molecule is COC(=O)C(C)(C)c1cccc(-c2ccccn2)c1. The minimum absolute atomic E-state index is 0.245. The maximum atomic E-state index is 11.8. The molecule has 0 aliphatic carbocycles. The Morgan fingerprint density at radius 2 is 1.95 bits per heavy atom. The molecule has 0 radical (unpaired) electrons. The van der Waals surface area contributed by atoms with Crippen LogP contribution in [-0.4, -0.2) is 18.1 Å². The Labute approximate surface area is 113 Å². The third-order valence-corrected chi connectivity index (χ3v) is 3.24. The van der Waals surface area contributed by atoms with Crippen molar-refractivity contribution in [1.82, 2.24) is 4.98 Å². The third-order valence-electron chi connectivity index (χ3n) is 3.24. The largest absolute Gasteiger partial charge is 0.468 e. The summed E-state index contributed by atoms with van der Waals surface area (Å²) in [6, 6.07) is 13.6. The first-order chi connectivity index (χ1) is 9.05. The Hall–Kier alpha value is -2.16. The van der Waals surface area contributed by atoms with E-state index in [9.17, 15) is 4.79 Å². The molecule has 0 aliphatic rings. The zero-order chi connectivity index (χ0) is 13.9. The Balaban J connectivity index is 2.43. The summed E-state index contributed by atoms with van der Waals surface area (Å²) in [5.74, 6) is -0.245. The summed E-state index contributed by atoms with van der Waals surface area (Å²) in [6.07, 6.45) is 1.76. The lowest BCUT2D eigenvalue weighted by atomic mass is 9.84. The number of aromatic nitrogens is 1. The molecule has 0 aliphatic heterocycles. The standard InChI is InChI=1S/C16H17NO2/c1-16(2,15(18)19-3)13-8-6-7-12(11-13)14-9-4-5-10-17-14/h4-11H,1-3H3. The van der Waals surface area contributed by atoms with Crippen LogP contribution in [-0.2, 0) is 14.9 Å². The van der Waals surface area contributed by atoms with Gasteiger partial charge in [-0.15, -0.1) is 0 Å². The highest BCUT2D eigenvalue weighted by Crippen LogP contribution is 2.28. The van der Waals surface area contributed by atoms with Gasteiger partial charge in [0.2, 0.25) is 0 Å². The predicted octanol–water partition coefficient (Wildman–Crippen LogP) is 3.20. The maximum absolute atomic E-state index is 11.8. The van der Waals surface area contributed by atoms with Gasteiger partial charge in [0.15, 0.2) is 0 Å². The summed E-state index contributed by atoms with van der Waals surface area (Å²) >= 11 is 0. The molecule has 2 aromatic rings. The number of carbonyl (C=O) groups excluding carboxylic acids is 1. The van der Waals surface area contributed by atoms with E-state index in [1.165, 1.54) is 7.11 Å². The number of pyridine rings is 1. The van der Waals surface area contributed by atoms with E-state index in [-0.39, 0.29) is 5.97 Å². The molecule has 3 heteroatoms. The molecule has 0 spiro atoms. The molecule has 98 valence electrons. The normalized spacial score (nSPS) is 11.1. The van der Waals surface area contributed by atoms with Gasteiger partial charge in [0, 0.05) is 11.8 Å². The summed E-state index contributed by atoms with van der Waals surface area (Å²) in [7, 11) is 1.41. The smallest absolute Gasteiger partial charge is 0.315 e. The summed E-state index contributed by atoms with van der Waals surface area (Å²) in [5.41, 5.74) is 2.14. The minimum atomic E-state index is -0.667.